The first-order valence-corrected chi connectivity index (χ1v) is 11.2. The van der Waals surface area contributed by atoms with Gasteiger partial charge < -0.3 is 9.47 Å². The van der Waals surface area contributed by atoms with Crippen LogP contribution in [0.3, 0.4) is 0 Å². The van der Waals surface area contributed by atoms with Crippen molar-refractivity contribution in [2.45, 2.75) is 93.9 Å². The second-order valence-electron chi connectivity index (χ2n) is 9.82. The van der Waals surface area contributed by atoms with Gasteiger partial charge in [-0.25, -0.2) is 0 Å². The van der Waals surface area contributed by atoms with Crippen LogP contribution >= 0.6 is 22.6 Å². The van der Waals surface area contributed by atoms with E-state index < -0.39 is 11.1 Å². The summed E-state index contributed by atoms with van der Waals surface area (Å²) in [4.78, 5) is 24.9. The third-order valence-electron chi connectivity index (χ3n) is 6.48. The number of fused-ring (bicyclic) bond motifs is 2. The Hall–Kier alpha value is -0.410. The molecule has 0 spiro atoms. The molecule has 0 aromatic carbocycles. The van der Waals surface area contributed by atoms with Crippen LogP contribution in [0.2, 0.25) is 0 Å². The molecule has 1 heterocycles. The summed E-state index contributed by atoms with van der Waals surface area (Å²) in [6.45, 7) is 9.42. The third kappa shape index (κ3) is 4.29. The highest BCUT2D eigenvalue weighted by molar-refractivity contribution is 14.1. The van der Waals surface area contributed by atoms with E-state index in [0.717, 1.165) is 24.3 Å². The van der Waals surface area contributed by atoms with Crippen LogP contribution in [0, 0.1) is 17.8 Å². The zero-order valence-electron chi connectivity index (χ0n) is 16.9. The Kier molecular flexibility index (Phi) is 5.87. The second-order valence-corrected chi connectivity index (χ2v) is 11.7. The van der Waals surface area contributed by atoms with Crippen molar-refractivity contribution in [3.8, 4) is 0 Å². The van der Waals surface area contributed by atoms with Crippen molar-refractivity contribution in [1.82, 2.24) is 5.06 Å². The number of ether oxygens (including phenoxy) is 2. The Morgan fingerprint density at radius 2 is 1.63 bits per heavy atom. The van der Waals surface area contributed by atoms with Crippen LogP contribution in [0.4, 0.5) is 0 Å². The molecule has 3 rings (SSSR count). The lowest BCUT2D eigenvalue weighted by atomic mass is 9.80. The summed E-state index contributed by atoms with van der Waals surface area (Å²) in [5, 5.41) is 13.6. The van der Waals surface area contributed by atoms with Crippen molar-refractivity contribution in [2.24, 2.45) is 17.8 Å². The summed E-state index contributed by atoms with van der Waals surface area (Å²) in [6.07, 6.45) is 3.28. The molecule has 2 saturated carbocycles. The maximum Gasteiger partial charge on any atom is 0.318 e. The smallest absolute Gasteiger partial charge is 0.318 e. The molecule has 7 heteroatoms. The van der Waals surface area contributed by atoms with Crippen molar-refractivity contribution in [3.63, 3.8) is 0 Å². The van der Waals surface area contributed by atoms with E-state index in [2.05, 4.69) is 22.6 Å². The van der Waals surface area contributed by atoms with Gasteiger partial charge in [-0.05, 0) is 59.8 Å². The molecule has 27 heavy (non-hydrogen) atoms. The first-order chi connectivity index (χ1) is 12.4. The number of rotatable bonds is 4. The maximum atomic E-state index is 12.9. The molecular formula is C20H31INO5. The van der Waals surface area contributed by atoms with Gasteiger partial charge in [-0.2, -0.15) is 0 Å². The molecule has 0 aromatic heterocycles. The van der Waals surface area contributed by atoms with Crippen LogP contribution in [0.25, 0.3) is 0 Å². The van der Waals surface area contributed by atoms with Crippen LogP contribution in [-0.2, 0) is 24.3 Å². The summed E-state index contributed by atoms with van der Waals surface area (Å²) >= 11 is 2.05. The lowest BCUT2D eigenvalue weighted by Crippen LogP contribution is -2.60. The highest BCUT2D eigenvalue weighted by atomic mass is 127. The number of halogens is 1. The molecule has 153 valence electrons. The van der Waals surface area contributed by atoms with E-state index in [9.17, 15) is 14.8 Å². The Morgan fingerprint density at radius 3 is 2.15 bits per heavy atom. The fraction of sp³-hybridized carbons (Fsp3) is 0.900. The SMILES string of the molecule is CC(I)C(=O)OC1CC2CC(C(=O)OC3CC(C)(C)N([O])C(C)(C)C3)C1C2. The molecule has 3 aliphatic rings. The Morgan fingerprint density at radius 1 is 1.04 bits per heavy atom. The van der Waals surface area contributed by atoms with Gasteiger partial charge in [-0.15, -0.1) is 10.3 Å². The van der Waals surface area contributed by atoms with Crippen LogP contribution < -0.4 is 0 Å². The first-order valence-electron chi connectivity index (χ1n) is 9.93. The molecule has 0 N–H and O–H groups in total. The van der Waals surface area contributed by atoms with Gasteiger partial charge in [-0.1, -0.05) is 22.6 Å². The van der Waals surface area contributed by atoms with E-state index in [-0.39, 0.29) is 39.9 Å². The number of carbonyl (C=O) groups is 2. The summed E-state index contributed by atoms with van der Waals surface area (Å²) < 4.78 is 11.4. The highest BCUT2D eigenvalue weighted by Crippen LogP contribution is 2.50. The van der Waals surface area contributed by atoms with Gasteiger partial charge in [0.2, 0.25) is 0 Å². The minimum atomic E-state index is -0.560. The number of alkyl halides is 1. The standard InChI is InChI=1S/C20H31INO5/c1-11(21)17(23)27-16-8-12-6-14(16)15(7-12)18(24)26-13-9-19(2,3)22(25)20(4,5)10-13/h11-16H,6-10H2,1-5H3. The molecule has 3 fully saturated rings. The van der Waals surface area contributed by atoms with Gasteiger partial charge in [0.25, 0.3) is 0 Å². The quantitative estimate of drug-likeness (QED) is 0.340. The molecule has 0 aromatic rings. The molecule has 2 bridgehead atoms. The minimum Gasteiger partial charge on any atom is -0.462 e. The average molecular weight is 492 g/mol. The van der Waals surface area contributed by atoms with Crippen LogP contribution in [0.1, 0.15) is 66.7 Å². The van der Waals surface area contributed by atoms with E-state index in [1.807, 2.05) is 34.6 Å². The highest BCUT2D eigenvalue weighted by Gasteiger charge is 2.53. The van der Waals surface area contributed by atoms with Crippen molar-refractivity contribution in [2.75, 3.05) is 0 Å². The van der Waals surface area contributed by atoms with Crippen molar-refractivity contribution in [1.29, 1.82) is 0 Å². The Balaban J connectivity index is 1.62. The normalized spacial score (nSPS) is 36.4. The zero-order chi connectivity index (χ0) is 20.1. The van der Waals surface area contributed by atoms with Crippen LogP contribution in [0.15, 0.2) is 0 Å². The Labute approximate surface area is 175 Å². The number of hydroxylamine groups is 2. The number of hydrogen-bond acceptors (Lipinski definition) is 5. The van der Waals surface area contributed by atoms with Crippen molar-refractivity contribution < 1.29 is 24.3 Å². The van der Waals surface area contributed by atoms with Gasteiger partial charge in [0.05, 0.1) is 5.92 Å². The number of nitrogens with zero attached hydrogens (tertiary/aromatic N) is 1. The van der Waals surface area contributed by atoms with Crippen LogP contribution in [0.5, 0.6) is 0 Å². The Bertz CT molecular complexity index is 587. The fourth-order valence-electron chi connectivity index (χ4n) is 5.44. The number of hydrogen-bond donors (Lipinski definition) is 0. The largest absolute Gasteiger partial charge is 0.462 e. The predicted molar refractivity (Wildman–Crippen MR) is 107 cm³/mol. The van der Waals surface area contributed by atoms with Gasteiger partial charge in [0, 0.05) is 29.8 Å². The van der Waals surface area contributed by atoms with E-state index in [0.29, 0.717) is 18.8 Å². The van der Waals surface area contributed by atoms with E-state index in [1.165, 1.54) is 0 Å². The molecule has 5 atom stereocenters. The van der Waals surface area contributed by atoms with Crippen LogP contribution in [-0.4, -0.2) is 44.2 Å². The van der Waals surface area contributed by atoms with Crippen molar-refractivity contribution >= 4 is 34.5 Å². The number of piperidine rings is 1. The average Bonchev–Trinajstić information content (AvgIpc) is 3.12. The van der Waals surface area contributed by atoms with E-state index in [4.69, 9.17) is 9.47 Å². The molecule has 2 aliphatic carbocycles. The number of carbonyl (C=O) groups excluding carboxylic acids is 2. The summed E-state index contributed by atoms with van der Waals surface area (Å²) in [6, 6.07) is 0. The topological polar surface area (TPSA) is 75.7 Å². The summed E-state index contributed by atoms with van der Waals surface area (Å²) in [5.74, 6) is -0.0654. The van der Waals surface area contributed by atoms with Gasteiger partial charge in [0.15, 0.2) is 0 Å². The summed E-state index contributed by atoms with van der Waals surface area (Å²) in [7, 11) is 0. The minimum absolute atomic E-state index is 0.0715. The lowest BCUT2D eigenvalue weighted by Gasteiger charge is -2.49. The summed E-state index contributed by atoms with van der Waals surface area (Å²) in [5.41, 5.74) is -1.12. The van der Waals surface area contributed by atoms with E-state index in [1.54, 1.807) is 0 Å². The lowest BCUT2D eigenvalue weighted by molar-refractivity contribution is -0.299. The third-order valence-corrected chi connectivity index (χ3v) is 6.99. The molecule has 1 aliphatic heterocycles. The first kappa shape index (κ1) is 21.3. The van der Waals surface area contributed by atoms with Crippen molar-refractivity contribution in [3.05, 3.63) is 0 Å². The second kappa shape index (κ2) is 7.44. The van der Waals surface area contributed by atoms with E-state index >= 15 is 0 Å². The monoisotopic (exact) mass is 492 g/mol. The zero-order valence-corrected chi connectivity index (χ0v) is 19.0. The molecular weight excluding hydrogens is 461 g/mol. The molecule has 1 radical (unpaired) electrons. The molecule has 6 nitrogen and oxygen atoms in total. The molecule has 5 unspecified atom stereocenters. The molecule has 0 amide bonds. The maximum absolute atomic E-state index is 12.9. The van der Waals surface area contributed by atoms with Gasteiger partial charge >= 0.3 is 11.9 Å². The van der Waals surface area contributed by atoms with Gasteiger partial charge in [0.1, 0.15) is 16.1 Å². The number of esters is 2. The van der Waals surface area contributed by atoms with Gasteiger partial charge in [-0.3, -0.25) is 9.59 Å². The fourth-order valence-corrected chi connectivity index (χ4v) is 5.59. The molecule has 1 saturated heterocycles. The predicted octanol–water partition coefficient (Wildman–Crippen LogP) is 3.68.